The Balaban J connectivity index is 1.66. The van der Waals surface area contributed by atoms with Gasteiger partial charge in [-0.05, 0) is 24.7 Å². The van der Waals surface area contributed by atoms with Crippen molar-refractivity contribution in [2.75, 3.05) is 13.2 Å². The highest BCUT2D eigenvalue weighted by Gasteiger charge is 2.34. The smallest absolute Gasteiger partial charge is 0.220 e. The quantitative estimate of drug-likeness (QED) is 0.707. The molecule has 1 saturated heterocycles. The molecule has 1 N–H and O–H groups in total. The van der Waals surface area contributed by atoms with E-state index in [2.05, 4.69) is 12.2 Å². The first kappa shape index (κ1) is 9.00. The molecule has 0 aromatic carbocycles. The van der Waals surface area contributed by atoms with Crippen LogP contribution >= 0.6 is 0 Å². The molecule has 0 bridgehead atoms. The Hall–Kier alpha value is -0.570. The molecule has 2 unspecified atom stereocenters. The van der Waals surface area contributed by atoms with Gasteiger partial charge in [0, 0.05) is 25.7 Å². The Morgan fingerprint density at radius 2 is 2.38 bits per heavy atom. The standard InChI is InChI=1S/C10H17NO2/c1-7-4-9(7)11-10(12)5-8-2-3-13-6-8/h7-9H,2-6H2,1H3,(H,11,12)/t7?,8-,9?/m1/s1. The fourth-order valence-corrected chi connectivity index (χ4v) is 1.80. The van der Waals surface area contributed by atoms with Gasteiger partial charge in [-0.3, -0.25) is 4.79 Å². The molecule has 0 spiro atoms. The first-order valence-corrected chi connectivity index (χ1v) is 5.13. The van der Waals surface area contributed by atoms with E-state index in [9.17, 15) is 4.79 Å². The zero-order valence-electron chi connectivity index (χ0n) is 8.08. The first-order valence-electron chi connectivity index (χ1n) is 5.13. The van der Waals surface area contributed by atoms with Gasteiger partial charge in [0.25, 0.3) is 0 Å². The van der Waals surface area contributed by atoms with Crippen LogP contribution < -0.4 is 5.32 Å². The summed E-state index contributed by atoms with van der Waals surface area (Å²) in [5.41, 5.74) is 0. The summed E-state index contributed by atoms with van der Waals surface area (Å²) in [7, 11) is 0. The van der Waals surface area contributed by atoms with Gasteiger partial charge in [0.2, 0.25) is 5.91 Å². The van der Waals surface area contributed by atoms with Gasteiger partial charge in [0.05, 0.1) is 0 Å². The fraction of sp³-hybridized carbons (Fsp3) is 0.900. The number of hydrogen-bond donors (Lipinski definition) is 1. The van der Waals surface area contributed by atoms with Gasteiger partial charge in [-0.15, -0.1) is 0 Å². The lowest BCUT2D eigenvalue weighted by Gasteiger charge is -2.07. The molecule has 1 saturated carbocycles. The molecular weight excluding hydrogens is 166 g/mol. The predicted molar refractivity (Wildman–Crippen MR) is 49.3 cm³/mol. The largest absolute Gasteiger partial charge is 0.381 e. The summed E-state index contributed by atoms with van der Waals surface area (Å²) in [5, 5.41) is 3.04. The van der Waals surface area contributed by atoms with E-state index in [1.54, 1.807) is 0 Å². The number of amides is 1. The SMILES string of the molecule is CC1CC1NC(=O)C[C@H]1CCOC1. The number of carbonyl (C=O) groups is 1. The minimum atomic E-state index is 0.213. The number of carbonyl (C=O) groups excluding carboxylic acids is 1. The average molecular weight is 183 g/mol. The molecule has 13 heavy (non-hydrogen) atoms. The molecule has 0 aromatic heterocycles. The third-order valence-corrected chi connectivity index (χ3v) is 2.95. The number of ether oxygens (including phenoxy) is 1. The van der Waals surface area contributed by atoms with Crippen molar-refractivity contribution in [3.05, 3.63) is 0 Å². The van der Waals surface area contributed by atoms with Gasteiger partial charge < -0.3 is 10.1 Å². The van der Waals surface area contributed by atoms with Crippen LogP contribution in [0.5, 0.6) is 0 Å². The van der Waals surface area contributed by atoms with Crippen LogP contribution in [-0.4, -0.2) is 25.2 Å². The van der Waals surface area contributed by atoms with Crippen LogP contribution in [0, 0.1) is 11.8 Å². The van der Waals surface area contributed by atoms with Crippen LogP contribution in [-0.2, 0) is 9.53 Å². The van der Waals surface area contributed by atoms with Crippen molar-refractivity contribution in [2.45, 2.75) is 32.2 Å². The molecule has 1 aliphatic carbocycles. The Kier molecular flexibility index (Phi) is 2.54. The van der Waals surface area contributed by atoms with E-state index in [0.29, 0.717) is 24.3 Å². The van der Waals surface area contributed by atoms with Gasteiger partial charge in [0.1, 0.15) is 0 Å². The summed E-state index contributed by atoms with van der Waals surface area (Å²) < 4.78 is 5.22. The van der Waals surface area contributed by atoms with Gasteiger partial charge in [0.15, 0.2) is 0 Å². The molecule has 2 aliphatic rings. The van der Waals surface area contributed by atoms with Crippen LogP contribution in [0.4, 0.5) is 0 Å². The second-order valence-corrected chi connectivity index (χ2v) is 4.32. The summed E-state index contributed by atoms with van der Waals surface area (Å²) in [5.74, 6) is 1.38. The van der Waals surface area contributed by atoms with E-state index in [4.69, 9.17) is 4.74 Å². The highest BCUT2D eigenvalue weighted by molar-refractivity contribution is 5.76. The van der Waals surface area contributed by atoms with Crippen LogP contribution in [0.1, 0.15) is 26.2 Å². The Morgan fingerprint density at radius 3 is 2.92 bits per heavy atom. The summed E-state index contributed by atoms with van der Waals surface area (Å²) in [6, 6.07) is 0.467. The van der Waals surface area contributed by atoms with Gasteiger partial charge in [-0.1, -0.05) is 6.92 Å². The number of nitrogens with one attached hydrogen (secondary N) is 1. The van der Waals surface area contributed by atoms with Crippen LogP contribution in [0.2, 0.25) is 0 Å². The second kappa shape index (κ2) is 3.66. The molecule has 3 atom stereocenters. The molecule has 3 nitrogen and oxygen atoms in total. The van der Waals surface area contributed by atoms with Gasteiger partial charge in [-0.25, -0.2) is 0 Å². The highest BCUT2D eigenvalue weighted by Crippen LogP contribution is 2.29. The van der Waals surface area contributed by atoms with Crippen LogP contribution in [0.15, 0.2) is 0 Å². The molecular formula is C10H17NO2. The summed E-state index contributed by atoms with van der Waals surface area (Å²) in [6.45, 7) is 3.77. The van der Waals surface area contributed by atoms with Crippen molar-refractivity contribution in [3.63, 3.8) is 0 Å². The maximum Gasteiger partial charge on any atom is 0.220 e. The maximum absolute atomic E-state index is 11.4. The minimum absolute atomic E-state index is 0.213. The van der Waals surface area contributed by atoms with Crippen LogP contribution in [0.25, 0.3) is 0 Å². The second-order valence-electron chi connectivity index (χ2n) is 4.32. The van der Waals surface area contributed by atoms with Crippen molar-refractivity contribution >= 4 is 5.91 Å². The first-order chi connectivity index (χ1) is 6.25. The van der Waals surface area contributed by atoms with E-state index in [0.717, 1.165) is 26.1 Å². The maximum atomic E-state index is 11.4. The Bertz CT molecular complexity index is 199. The van der Waals surface area contributed by atoms with Gasteiger partial charge >= 0.3 is 0 Å². The zero-order chi connectivity index (χ0) is 9.26. The van der Waals surface area contributed by atoms with E-state index < -0.39 is 0 Å². The lowest BCUT2D eigenvalue weighted by molar-refractivity contribution is -0.122. The van der Waals surface area contributed by atoms with Gasteiger partial charge in [-0.2, -0.15) is 0 Å². The number of rotatable bonds is 3. The molecule has 0 aromatic rings. The summed E-state index contributed by atoms with van der Waals surface area (Å²) in [6.07, 6.45) is 2.86. The molecule has 1 amide bonds. The molecule has 0 radical (unpaired) electrons. The van der Waals surface area contributed by atoms with Crippen molar-refractivity contribution in [1.82, 2.24) is 5.32 Å². The Morgan fingerprint density at radius 1 is 1.62 bits per heavy atom. The average Bonchev–Trinajstić information content (AvgIpc) is 2.61. The summed E-state index contributed by atoms with van der Waals surface area (Å²) >= 11 is 0. The fourth-order valence-electron chi connectivity index (χ4n) is 1.80. The normalized spacial score (nSPS) is 37.5. The lowest BCUT2D eigenvalue weighted by Crippen LogP contribution is -2.28. The zero-order valence-corrected chi connectivity index (χ0v) is 8.08. The summed E-state index contributed by atoms with van der Waals surface area (Å²) in [4.78, 5) is 11.4. The van der Waals surface area contributed by atoms with Crippen molar-refractivity contribution in [2.24, 2.45) is 11.8 Å². The van der Waals surface area contributed by atoms with Crippen molar-refractivity contribution in [1.29, 1.82) is 0 Å². The van der Waals surface area contributed by atoms with Crippen molar-refractivity contribution in [3.8, 4) is 0 Å². The topological polar surface area (TPSA) is 38.3 Å². The predicted octanol–water partition coefficient (Wildman–Crippen LogP) is 0.938. The highest BCUT2D eigenvalue weighted by atomic mass is 16.5. The van der Waals surface area contributed by atoms with E-state index in [1.807, 2.05) is 0 Å². The third-order valence-electron chi connectivity index (χ3n) is 2.95. The number of hydrogen-bond acceptors (Lipinski definition) is 2. The van der Waals surface area contributed by atoms with E-state index in [-0.39, 0.29) is 5.91 Å². The monoisotopic (exact) mass is 183 g/mol. The molecule has 1 aliphatic heterocycles. The van der Waals surface area contributed by atoms with E-state index >= 15 is 0 Å². The van der Waals surface area contributed by atoms with E-state index in [1.165, 1.54) is 0 Å². The molecule has 2 rings (SSSR count). The van der Waals surface area contributed by atoms with Crippen molar-refractivity contribution < 1.29 is 9.53 Å². The third kappa shape index (κ3) is 2.44. The Labute approximate surface area is 78.8 Å². The molecule has 3 heteroatoms. The molecule has 1 heterocycles. The molecule has 74 valence electrons. The molecule has 2 fully saturated rings. The lowest BCUT2D eigenvalue weighted by atomic mass is 10.1. The minimum Gasteiger partial charge on any atom is -0.381 e. The van der Waals surface area contributed by atoms with Crippen LogP contribution in [0.3, 0.4) is 0 Å².